The van der Waals surface area contributed by atoms with Gasteiger partial charge in [0.25, 0.3) is 0 Å². The van der Waals surface area contributed by atoms with Crippen LogP contribution in [0.3, 0.4) is 0 Å². The minimum Gasteiger partial charge on any atom is -0.497 e. The van der Waals surface area contributed by atoms with Crippen LogP contribution in [-0.2, 0) is 6.42 Å². The molecule has 0 spiro atoms. The van der Waals surface area contributed by atoms with E-state index in [1.54, 1.807) is 24.8 Å². The standard InChI is InChI=1S/C16H17N3OS/c1-11-9-21-16-14(11)15(18-10-19-16)17-7-6-12-4-3-5-13(8-12)20-2/h3-5,8-10H,6-7H2,1-2H3,(H,17,18,19). The van der Waals surface area contributed by atoms with Crippen molar-refractivity contribution >= 4 is 27.4 Å². The van der Waals surface area contributed by atoms with E-state index in [-0.39, 0.29) is 0 Å². The first-order valence-corrected chi connectivity index (χ1v) is 7.71. The lowest BCUT2D eigenvalue weighted by Crippen LogP contribution is -2.07. The number of hydrogen-bond acceptors (Lipinski definition) is 5. The molecular weight excluding hydrogens is 282 g/mol. The highest BCUT2D eigenvalue weighted by Gasteiger charge is 2.08. The Balaban J connectivity index is 1.70. The number of thiophene rings is 1. The summed E-state index contributed by atoms with van der Waals surface area (Å²) >= 11 is 1.66. The van der Waals surface area contributed by atoms with E-state index >= 15 is 0 Å². The van der Waals surface area contributed by atoms with Crippen LogP contribution in [0.2, 0.25) is 0 Å². The van der Waals surface area contributed by atoms with Crippen molar-refractivity contribution in [3.63, 3.8) is 0 Å². The summed E-state index contributed by atoms with van der Waals surface area (Å²) in [6, 6.07) is 8.14. The van der Waals surface area contributed by atoms with E-state index in [0.717, 1.165) is 34.7 Å². The Morgan fingerprint density at radius 1 is 1.29 bits per heavy atom. The zero-order chi connectivity index (χ0) is 14.7. The van der Waals surface area contributed by atoms with Gasteiger partial charge in [0.1, 0.15) is 22.7 Å². The second-order valence-electron chi connectivity index (χ2n) is 4.85. The molecule has 0 atom stereocenters. The maximum Gasteiger partial charge on any atom is 0.138 e. The largest absolute Gasteiger partial charge is 0.497 e. The van der Waals surface area contributed by atoms with Gasteiger partial charge in [0.15, 0.2) is 0 Å². The number of nitrogens with zero attached hydrogens (tertiary/aromatic N) is 2. The van der Waals surface area contributed by atoms with Gasteiger partial charge < -0.3 is 10.1 Å². The van der Waals surface area contributed by atoms with E-state index in [2.05, 4.69) is 39.7 Å². The molecule has 0 aliphatic carbocycles. The lowest BCUT2D eigenvalue weighted by atomic mass is 10.1. The van der Waals surface area contributed by atoms with Gasteiger partial charge in [0.05, 0.1) is 12.5 Å². The minimum absolute atomic E-state index is 0.828. The normalized spacial score (nSPS) is 10.8. The number of hydrogen-bond donors (Lipinski definition) is 1. The highest BCUT2D eigenvalue weighted by molar-refractivity contribution is 7.17. The van der Waals surface area contributed by atoms with E-state index in [0.29, 0.717) is 0 Å². The number of rotatable bonds is 5. The van der Waals surface area contributed by atoms with Crippen LogP contribution in [-0.4, -0.2) is 23.6 Å². The maximum atomic E-state index is 5.24. The highest BCUT2D eigenvalue weighted by Crippen LogP contribution is 2.28. The molecule has 0 radical (unpaired) electrons. The van der Waals surface area contributed by atoms with Gasteiger partial charge in [0, 0.05) is 6.54 Å². The number of fused-ring (bicyclic) bond motifs is 1. The van der Waals surface area contributed by atoms with Crippen molar-refractivity contribution in [3.05, 3.63) is 47.1 Å². The third-order valence-electron chi connectivity index (χ3n) is 3.39. The van der Waals surface area contributed by atoms with Crippen molar-refractivity contribution in [3.8, 4) is 5.75 Å². The smallest absolute Gasteiger partial charge is 0.138 e. The Labute approximate surface area is 127 Å². The van der Waals surface area contributed by atoms with Crippen molar-refractivity contribution in [2.45, 2.75) is 13.3 Å². The zero-order valence-corrected chi connectivity index (χ0v) is 12.9. The van der Waals surface area contributed by atoms with E-state index in [1.807, 2.05) is 12.1 Å². The number of ether oxygens (including phenoxy) is 1. The molecular formula is C16H17N3OS. The molecule has 4 nitrogen and oxygen atoms in total. The Morgan fingerprint density at radius 2 is 2.19 bits per heavy atom. The van der Waals surface area contributed by atoms with Gasteiger partial charge in [-0.05, 0) is 42.0 Å². The van der Waals surface area contributed by atoms with E-state index in [4.69, 9.17) is 4.74 Å². The number of nitrogens with one attached hydrogen (secondary N) is 1. The van der Waals surface area contributed by atoms with Gasteiger partial charge in [-0.25, -0.2) is 9.97 Å². The molecule has 2 heterocycles. The molecule has 3 aromatic rings. The first-order chi connectivity index (χ1) is 10.3. The van der Waals surface area contributed by atoms with Gasteiger partial charge in [-0.3, -0.25) is 0 Å². The summed E-state index contributed by atoms with van der Waals surface area (Å²) in [5.41, 5.74) is 2.47. The number of methoxy groups -OCH3 is 1. The summed E-state index contributed by atoms with van der Waals surface area (Å²) in [6.07, 6.45) is 2.54. The van der Waals surface area contributed by atoms with Gasteiger partial charge in [-0.15, -0.1) is 11.3 Å². The van der Waals surface area contributed by atoms with Crippen molar-refractivity contribution in [2.24, 2.45) is 0 Å². The number of anilines is 1. The molecule has 0 aliphatic heterocycles. The van der Waals surface area contributed by atoms with Gasteiger partial charge >= 0.3 is 0 Å². The summed E-state index contributed by atoms with van der Waals surface area (Å²) < 4.78 is 5.24. The molecule has 0 amide bonds. The molecule has 0 saturated heterocycles. The van der Waals surface area contributed by atoms with Crippen molar-refractivity contribution in [1.82, 2.24) is 9.97 Å². The SMILES string of the molecule is COc1cccc(CCNc2ncnc3scc(C)c23)c1. The minimum atomic E-state index is 0.828. The summed E-state index contributed by atoms with van der Waals surface area (Å²) in [7, 11) is 1.69. The van der Waals surface area contributed by atoms with Crippen LogP contribution in [0.15, 0.2) is 36.0 Å². The molecule has 2 aromatic heterocycles. The summed E-state index contributed by atoms with van der Waals surface area (Å²) in [6.45, 7) is 2.92. The van der Waals surface area contributed by atoms with Gasteiger partial charge in [-0.2, -0.15) is 0 Å². The number of benzene rings is 1. The Morgan fingerprint density at radius 3 is 3.05 bits per heavy atom. The number of aromatic nitrogens is 2. The van der Waals surface area contributed by atoms with E-state index in [9.17, 15) is 0 Å². The summed E-state index contributed by atoms with van der Waals surface area (Å²) in [5, 5.41) is 6.67. The molecule has 1 aromatic carbocycles. The van der Waals surface area contributed by atoms with Crippen LogP contribution in [0.1, 0.15) is 11.1 Å². The van der Waals surface area contributed by atoms with E-state index in [1.165, 1.54) is 11.1 Å². The second-order valence-corrected chi connectivity index (χ2v) is 5.71. The maximum absolute atomic E-state index is 5.24. The first kappa shape index (κ1) is 13.8. The molecule has 0 aliphatic rings. The topological polar surface area (TPSA) is 47.0 Å². The molecule has 0 unspecified atom stereocenters. The average Bonchev–Trinajstić information content (AvgIpc) is 2.90. The van der Waals surface area contributed by atoms with Crippen LogP contribution in [0.25, 0.3) is 10.2 Å². The third kappa shape index (κ3) is 2.97. The predicted octanol–water partition coefficient (Wildman–Crippen LogP) is 3.66. The second kappa shape index (κ2) is 6.10. The average molecular weight is 299 g/mol. The molecule has 5 heteroatoms. The molecule has 1 N–H and O–H groups in total. The quantitative estimate of drug-likeness (QED) is 0.781. The molecule has 0 fully saturated rings. The lowest BCUT2D eigenvalue weighted by Gasteiger charge is -2.08. The molecule has 3 rings (SSSR count). The van der Waals surface area contributed by atoms with Crippen molar-refractivity contribution in [2.75, 3.05) is 19.0 Å². The fourth-order valence-electron chi connectivity index (χ4n) is 2.30. The van der Waals surface area contributed by atoms with Crippen LogP contribution in [0.4, 0.5) is 5.82 Å². The Bertz CT molecular complexity index is 754. The van der Waals surface area contributed by atoms with E-state index < -0.39 is 0 Å². The van der Waals surface area contributed by atoms with Crippen LogP contribution in [0, 0.1) is 6.92 Å². The third-order valence-corrected chi connectivity index (χ3v) is 4.40. The Kier molecular flexibility index (Phi) is 4.01. The molecule has 108 valence electrons. The molecule has 21 heavy (non-hydrogen) atoms. The lowest BCUT2D eigenvalue weighted by molar-refractivity contribution is 0.414. The molecule has 0 saturated carbocycles. The number of aryl methyl sites for hydroxylation is 1. The summed E-state index contributed by atoms with van der Waals surface area (Å²) in [4.78, 5) is 9.70. The first-order valence-electron chi connectivity index (χ1n) is 6.83. The predicted molar refractivity (Wildman–Crippen MR) is 87.3 cm³/mol. The summed E-state index contributed by atoms with van der Waals surface area (Å²) in [5.74, 6) is 1.81. The van der Waals surface area contributed by atoms with Crippen molar-refractivity contribution in [1.29, 1.82) is 0 Å². The van der Waals surface area contributed by atoms with Crippen LogP contribution in [0.5, 0.6) is 5.75 Å². The van der Waals surface area contributed by atoms with Gasteiger partial charge in [0.2, 0.25) is 0 Å². The zero-order valence-electron chi connectivity index (χ0n) is 12.1. The Hall–Kier alpha value is -2.14. The fourth-order valence-corrected chi connectivity index (χ4v) is 3.19. The molecule has 0 bridgehead atoms. The highest BCUT2D eigenvalue weighted by atomic mass is 32.1. The van der Waals surface area contributed by atoms with Crippen LogP contribution < -0.4 is 10.1 Å². The monoisotopic (exact) mass is 299 g/mol. The fraction of sp³-hybridized carbons (Fsp3) is 0.250. The van der Waals surface area contributed by atoms with Gasteiger partial charge in [-0.1, -0.05) is 12.1 Å². The van der Waals surface area contributed by atoms with Crippen molar-refractivity contribution < 1.29 is 4.74 Å². The van der Waals surface area contributed by atoms with Crippen LogP contribution >= 0.6 is 11.3 Å².